The topological polar surface area (TPSA) is 76.4 Å². The first-order valence-electron chi connectivity index (χ1n) is 5.91. The molecular weight excluding hydrogens is 256 g/mol. The molecule has 1 saturated heterocycles. The van der Waals surface area contributed by atoms with Crippen molar-refractivity contribution in [2.45, 2.75) is 25.5 Å². The summed E-state index contributed by atoms with van der Waals surface area (Å²) in [4.78, 5) is 11.9. The zero-order valence-electron chi connectivity index (χ0n) is 10.4. The number of hydrogen-bond acceptors (Lipinski definition) is 4. The molecule has 0 radical (unpaired) electrons. The second kappa shape index (κ2) is 5.50. The van der Waals surface area contributed by atoms with Crippen LogP contribution in [0.5, 0.6) is 0 Å². The van der Waals surface area contributed by atoms with Gasteiger partial charge in [-0.2, -0.15) is 0 Å². The molecule has 1 fully saturated rings. The van der Waals surface area contributed by atoms with Crippen molar-refractivity contribution in [2.75, 3.05) is 12.0 Å². The number of nitrogens with two attached hydrogens (primary N) is 1. The molecule has 1 aromatic rings. The van der Waals surface area contributed by atoms with E-state index in [0.29, 0.717) is 13.0 Å². The highest BCUT2D eigenvalue weighted by atomic mass is 19.1. The second-order valence-corrected chi connectivity index (χ2v) is 4.40. The SMILES string of the molecule is CC1OCCC1NC(=O)c1cc(F)c(NN)c(F)c1. The van der Waals surface area contributed by atoms with Crippen LogP contribution in [0, 0.1) is 11.6 Å². The lowest BCUT2D eigenvalue weighted by Crippen LogP contribution is -2.39. The average molecular weight is 271 g/mol. The van der Waals surface area contributed by atoms with Crippen LogP contribution in [0.1, 0.15) is 23.7 Å². The zero-order valence-corrected chi connectivity index (χ0v) is 10.4. The lowest BCUT2D eigenvalue weighted by molar-refractivity contribution is 0.0865. The van der Waals surface area contributed by atoms with Gasteiger partial charge in [-0.25, -0.2) is 8.78 Å². The van der Waals surface area contributed by atoms with Crippen molar-refractivity contribution in [1.29, 1.82) is 0 Å². The van der Waals surface area contributed by atoms with E-state index in [-0.39, 0.29) is 17.7 Å². The summed E-state index contributed by atoms with van der Waals surface area (Å²) in [6.45, 7) is 2.39. The van der Waals surface area contributed by atoms with Gasteiger partial charge in [0, 0.05) is 12.2 Å². The highest BCUT2D eigenvalue weighted by molar-refractivity contribution is 5.94. The van der Waals surface area contributed by atoms with E-state index >= 15 is 0 Å². The maximum absolute atomic E-state index is 13.5. The molecule has 4 N–H and O–H groups in total. The molecule has 2 unspecified atom stereocenters. The van der Waals surface area contributed by atoms with Gasteiger partial charge in [0.05, 0.1) is 12.1 Å². The Morgan fingerprint density at radius 2 is 2.05 bits per heavy atom. The van der Waals surface area contributed by atoms with Crippen molar-refractivity contribution >= 4 is 11.6 Å². The maximum Gasteiger partial charge on any atom is 0.251 e. The third kappa shape index (κ3) is 2.82. The number of hydrazine groups is 1. The van der Waals surface area contributed by atoms with Gasteiger partial charge in [-0.3, -0.25) is 10.6 Å². The van der Waals surface area contributed by atoms with Gasteiger partial charge in [-0.15, -0.1) is 0 Å². The fourth-order valence-electron chi connectivity index (χ4n) is 2.02. The third-order valence-corrected chi connectivity index (χ3v) is 3.14. The number of carbonyl (C=O) groups excluding carboxylic acids is 1. The molecule has 0 aliphatic carbocycles. The number of nitrogen functional groups attached to an aromatic ring is 1. The van der Waals surface area contributed by atoms with Crippen LogP contribution in [-0.4, -0.2) is 24.7 Å². The smallest absolute Gasteiger partial charge is 0.251 e. The van der Waals surface area contributed by atoms with Gasteiger partial charge < -0.3 is 15.5 Å². The number of benzene rings is 1. The standard InChI is InChI=1S/C12H15F2N3O2/c1-6-10(2-3-19-6)16-12(18)7-4-8(13)11(17-15)9(14)5-7/h4-6,10,17H,2-3,15H2,1H3,(H,16,18). The first-order chi connectivity index (χ1) is 9.02. The van der Waals surface area contributed by atoms with Gasteiger partial charge in [0.15, 0.2) is 11.6 Å². The first kappa shape index (κ1) is 13.7. The molecule has 0 aromatic heterocycles. The van der Waals surface area contributed by atoms with Crippen LogP contribution >= 0.6 is 0 Å². The Hall–Kier alpha value is -1.73. The number of carbonyl (C=O) groups is 1. The average Bonchev–Trinajstić information content (AvgIpc) is 2.74. The summed E-state index contributed by atoms with van der Waals surface area (Å²) in [7, 11) is 0. The number of ether oxygens (including phenoxy) is 1. The molecule has 1 aliphatic rings. The molecule has 2 rings (SSSR count). The van der Waals surface area contributed by atoms with Crippen molar-refractivity contribution in [1.82, 2.24) is 5.32 Å². The third-order valence-electron chi connectivity index (χ3n) is 3.14. The fraction of sp³-hybridized carbons (Fsp3) is 0.417. The molecule has 1 heterocycles. The van der Waals surface area contributed by atoms with Crippen molar-refractivity contribution in [3.63, 3.8) is 0 Å². The van der Waals surface area contributed by atoms with Gasteiger partial charge >= 0.3 is 0 Å². The minimum Gasteiger partial charge on any atom is -0.376 e. The molecule has 1 aromatic carbocycles. The van der Waals surface area contributed by atoms with Crippen LogP contribution in [0.3, 0.4) is 0 Å². The zero-order chi connectivity index (χ0) is 14.0. The van der Waals surface area contributed by atoms with E-state index in [4.69, 9.17) is 10.6 Å². The molecule has 5 nitrogen and oxygen atoms in total. The van der Waals surface area contributed by atoms with E-state index < -0.39 is 23.2 Å². The van der Waals surface area contributed by atoms with Crippen LogP contribution < -0.4 is 16.6 Å². The molecule has 104 valence electrons. The van der Waals surface area contributed by atoms with Crippen molar-refractivity contribution < 1.29 is 18.3 Å². The molecule has 0 saturated carbocycles. The van der Waals surface area contributed by atoms with Crippen molar-refractivity contribution in [2.24, 2.45) is 5.84 Å². The predicted octanol–water partition coefficient (Wildman–Crippen LogP) is 1.16. The molecule has 1 amide bonds. The first-order valence-corrected chi connectivity index (χ1v) is 5.91. The summed E-state index contributed by atoms with van der Waals surface area (Å²) in [5.41, 5.74) is 1.35. The highest BCUT2D eigenvalue weighted by Crippen LogP contribution is 2.20. The quantitative estimate of drug-likeness (QED) is 0.569. The number of anilines is 1. The van der Waals surface area contributed by atoms with Gasteiger partial charge in [-0.1, -0.05) is 0 Å². The summed E-state index contributed by atoms with van der Waals surface area (Å²) in [6.07, 6.45) is 0.573. The molecule has 7 heteroatoms. The number of rotatable bonds is 3. The Morgan fingerprint density at radius 3 is 2.53 bits per heavy atom. The van der Waals surface area contributed by atoms with Gasteiger partial charge in [0.2, 0.25) is 0 Å². The summed E-state index contributed by atoms with van der Waals surface area (Å²) in [5, 5.41) is 2.69. The fourth-order valence-corrected chi connectivity index (χ4v) is 2.02. The van der Waals surface area contributed by atoms with Crippen LogP contribution in [-0.2, 0) is 4.74 Å². The van der Waals surface area contributed by atoms with E-state index in [1.54, 1.807) is 0 Å². The minimum atomic E-state index is -0.914. The van der Waals surface area contributed by atoms with Gasteiger partial charge in [0.25, 0.3) is 5.91 Å². The molecule has 0 bridgehead atoms. The second-order valence-electron chi connectivity index (χ2n) is 4.40. The lowest BCUT2D eigenvalue weighted by Gasteiger charge is -2.16. The van der Waals surface area contributed by atoms with Crippen LogP contribution in [0.4, 0.5) is 14.5 Å². The summed E-state index contributed by atoms with van der Waals surface area (Å²) < 4.78 is 32.2. The Labute approximate surface area is 109 Å². The van der Waals surface area contributed by atoms with E-state index in [0.717, 1.165) is 12.1 Å². The molecule has 19 heavy (non-hydrogen) atoms. The normalized spacial score (nSPS) is 22.3. The summed E-state index contributed by atoms with van der Waals surface area (Å²) >= 11 is 0. The highest BCUT2D eigenvalue weighted by Gasteiger charge is 2.26. The maximum atomic E-state index is 13.5. The van der Waals surface area contributed by atoms with E-state index in [9.17, 15) is 13.6 Å². The van der Waals surface area contributed by atoms with Gasteiger partial charge in [-0.05, 0) is 25.5 Å². The predicted molar refractivity (Wildman–Crippen MR) is 65.5 cm³/mol. The number of hydrogen-bond donors (Lipinski definition) is 3. The van der Waals surface area contributed by atoms with Gasteiger partial charge in [0.1, 0.15) is 5.69 Å². The van der Waals surface area contributed by atoms with Crippen LogP contribution in [0.15, 0.2) is 12.1 Å². The number of nitrogens with one attached hydrogen (secondary N) is 2. The molecule has 0 spiro atoms. The minimum absolute atomic E-state index is 0.0897. The molecular formula is C12H15F2N3O2. The summed E-state index contributed by atoms with van der Waals surface area (Å²) in [5.74, 6) is 2.62. The Bertz CT molecular complexity index is 473. The van der Waals surface area contributed by atoms with Crippen LogP contribution in [0.2, 0.25) is 0 Å². The van der Waals surface area contributed by atoms with E-state index in [2.05, 4.69) is 5.32 Å². The largest absolute Gasteiger partial charge is 0.376 e. The Morgan fingerprint density at radius 1 is 1.42 bits per heavy atom. The lowest BCUT2D eigenvalue weighted by atomic mass is 10.1. The summed E-state index contributed by atoms with van der Waals surface area (Å²) in [6, 6.07) is 1.73. The van der Waals surface area contributed by atoms with E-state index in [1.165, 1.54) is 0 Å². The Balaban J connectivity index is 2.15. The van der Waals surface area contributed by atoms with Crippen LogP contribution in [0.25, 0.3) is 0 Å². The molecule has 2 atom stereocenters. The van der Waals surface area contributed by atoms with E-state index in [1.807, 2.05) is 12.3 Å². The Kier molecular flexibility index (Phi) is 3.96. The number of amides is 1. The molecule has 1 aliphatic heterocycles. The number of halogens is 2. The van der Waals surface area contributed by atoms with Crippen molar-refractivity contribution in [3.05, 3.63) is 29.3 Å². The van der Waals surface area contributed by atoms with Crippen molar-refractivity contribution in [3.8, 4) is 0 Å². The monoisotopic (exact) mass is 271 g/mol.